The number of nitrogens with zero attached hydrogens (tertiary/aromatic N) is 1. The first-order valence-corrected chi connectivity index (χ1v) is 7.01. The second-order valence-corrected chi connectivity index (χ2v) is 5.79. The Morgan fingerprint density at radius 1 is 1.24 bits per heavy atom. The van der Waals surface area contributed by atoms with Crippen LogP contribution < -0.4 is 0 Å². The molecule has 2 aliphatic heterocycles. The van der Waals surface area contributed by atoms with Crippen LogP contribution in [0.25, 0.3) is 0 Å². The fourth-order valence-corrected chi connectivity index (χ4v) is 3.23. The van der Waals surface area contributed by atoms with Crippen molar-refractivity contribution in [3.05, 3.63) is 0 Å². The summed E-state index contributed by atoms with van der Waals surface area (Å²) in [5, 5.41) is 0. The molecular weight excluding hydrogens is 214 g/mol. The van der Waals surface area contributed by atoms with E-state index < -0.39 is 0 Å². The Kier molecular flexibility index (Phi) is 4.08. The molecule has 2 saturated heterocycles. The molecule has 0 bridgehead atoms. The minimum Gasteiger partial charge on any atom is -0.381 e. The minimum atomic E-state index is 0.123. The van der Waals surface area contributed by atoms with Crippen LogP contribution in [0.2, 0.25) is 0 Å². The van der Waals surface area contributed by atoms with Crippen LogP contribution in [0.5, 0.6) is 0 Å². The molecular formula is C14H25NO2. The molecule has 0 aromatic heterocycles. The molecule has 98 valence electrons. The molecule has 0 spiro atoms. The molecule has 0 aromatic carbocycles. The zero-order chi connectivity index (χ0) is 12.4. The second kappa shape index (κ2) is 5.38. The van der Waals surface area contributed by atoms with E-state index in [0.717, 1.165) is 38.9 Å². The number of amides is 1. The Morgan fingerprint density at radius 3 is 2.41 bits per heavy atom. The van der Waals surface area contributed by atoms with Gasteiger partial charge in [-0.3, -0.25) is 4.79 Å². The number of hydrogen-bond donors (Lipinski definition) is 0. The highest BCUT2D eigenvalue weighted by Gasteiger charge is 2.36. The number of ether oxygens (including phenoxy) is 1. The molecule has 3 heteroatoms. The van der Waals surface area contributed by atoms with Gasteiger partial charge in [-0.25, -0.2) is 0 Å². The maximum absolute atomic E-state index is 12.5. The molecule has 2 fully saturated rings. The third-order valence-corrected chi connectivity index (χ3v) is 4.50. The Labute approximate surface area is 105 Å². The quantitative estimate of drug-likeness (QED) is 0.741. The van der Waals surface area contributed by atoms with Crippen molar-refractivity contribution in [2.24, 2.45) is 11.8 Å². The third-order valence-electron chi connectivity index (χ3n) is 4.50. The van der Waals surface area contributed by atoms with Crippen molar-refractivity contribution in [2.75, 3.05) is 13.2 Å². The first-order valence-electron chi connectivity index (χ1n) is 7.01. The summed E-state index contributed by atoms with van der Waals surface area (Å²) < 4.78 is 5.50. The molecule has 2 heterocycles. The van der Waals surface area contributed by atoms with Gasteiger partial charge in [-0.1, -0.05) is 6.92 Å². The lowest BCUT2D eigenvalue weighted by Gasteiger charge is -2.33. The predicted molar refractivity (Wildman–Crippen MR) is 67.7 cm³/mol. The lowest BCUT2D eigenvalue weighted by atomic mass is 9.88. The van der Waals surface area contributed by atoms with E-state index in [1.54, 1.807) is 0 Å². The van der Waals surface area contributed by atoms with Gasteiger partial charge in [-0.2, -0.15) is 0 Å². The fraction of sp³-hybridized carbons (Fsp3) is 0.929. The summed E-state index contributed by atoms with van der Waals surface area (Å²) in [5.74, 6) is 0.896. The van der Waals surface area contributed by atoms with Crippen LogP contribution >= 0.6 is 0 Å². The molecule has 0 N–H and O–H groups in total. The van der Waals surface area contributed by atoms with E-state index in [2.05, 4.69) is 25.7 Å². The smallest absolute Gasteiger partial charge is 0.226 e. The summed E-state index contributed by atoms with van der Waals surface area (Å²) >= 11 is 0. The lowest BCUT2D eigenvalue weighted by molar-refractivity contribution is -0.140. The highest BCUT2D eigenvalue weighted by Crippen LogP contribution is 2.30. The van der Waals surface area contributed by atoms with Gasteiger partial charge in [0.1, 0.15) is 0 Å². The monoisotopic (exact) mass is 239 g/mol. The van der Waals surface area contributed by atoms with Crippen molar-refractivity contribution in [1.82, 2.24) is 4.90 Å². The molecule has 4 atom stereocenters. The highest BCUT2D eigenvalue weighted by molar-refractivity contribution is 5.79. The van der Waals surface area contributed by atoms with Gasteiger partial charge in [0.15, 0.2) is 0 Å². The van der Waals surface area contributed by atoms with Gasteiger partial charge in [0.2, 0.25) is 5.91 Å². The third kappa shape index (κ3) is 2.65. The maximum atomic E-state index is 12.5. The summed E-state index contributed by atoms with van der Waals surface area (Å²) in [4.78, 5) is 14.6. The van der Waals surface area contributed by atoms with Gasteiger partial charge in [0, 0.05) is 24.6 Å². The summed E-state index contributed by atoms with van der Waals surface area (Å²) in [6.07, 6.45) is 4.55. The van der Waals surface area contributed by atoms with E-state index in [1.807, 2.05) is 0 Å². The maximum Gasteiger partial charge on any atom is 0.226 e. The Morgan fingerprint density at radius 2 is 1.88 bits per heavy atom. The van der Waals surface area contributed by atoms with Gasteiger partial charge in [-0.05, 0) is 45.4 Å². The van der Waals surface area contributed by atoms with E-state index in [9.17, 15) is 4.79 Å². The summed E-state index contributed by atoms with van der Waals surface area (Å²) in [6.45, 7) is 8.06. The fourth-order valence-electron chi connectivity index (χ4n) is 3.23. The molecule has 2 rings (SSSR count). The molecule has 2 aliphatic rings. The van der Waals surface area contributed by atoms with Crippen LogP contribution in [-0.4, -0.2) is 36.1 Å². The average molecular weight is 239 g/mol. The average Bonchev–Trinajstić information content (AvgIpc) is 2.68. The van der Waals surface area contributed by atoms with Crippen molar-refractivity contribution >= 4 is 5.91 Å². The first-order chi connectivity index (χ1) is 8.11. The van der Waals surface area contributed by atoms with Crippen molar-refractivity contribution in [3.63, 3.8) is 0 Å². The standard InChI is InChI=1S/C14H25NO2/c1-10-6-7-11(2)15(10)14(16)12(3)13-5-4-8-17-9-13/h10-13H,4-9H2,1-3H3. The Hall–Kier alpha value is -0.570. The van der Waals surface area contributed by atoms with Crippen molar-refractivity contribution in [1.29, 1.82) is 0 Å². The molecule has 0 radical (unpaired) electrons. The number of hydrogen-bond acceptors (Lipinski definition) is 2. The van der Waals surface area contributed by atoms with Crippen LogP contribution in [0.15, 0.2) is 0 Å². The van der Waals surface area contributed by atoms with Gasteiger partial charge in [0.25, 0.3) is 0 Å². The van der Waals surface area contributed by atoms with E-state index in [1.165, 1.54) is 0 Å². The largest absolute Gasteiger partial charge is 0.381 e. The predicted octanol–water partition coefficient (Wildman–Crippen LogP) is 2.45. The lowest BCUT2D eigenvalue weighted by Crippen LogP contribution is -2.44. The zero-order valence-corrected chi connectivity index (χ0v) is 11.3. The topological polar surface area (TPSA) is 29.5 Å². The van der Waals surface area contributed by atoms with Crippen molar-refractivity contribution < 1.29 is 9.53 Å². The summed E-state index contributed by atoms with van der Waals surface area (Å²) in [6, 6.07) is 0.842. The number of carbonyl (C=O) groups excluding carboxylic acids is 1. The van der Waals surface area contributed by atoms with Gasteiger partial charge in [0.05, 0.1) is 6.61 Å². The van der Waals surface area contributed by atoms with E-state index in [0.29, 0.717) is 23.9 Å². The highest BCUT2D eigenvalue weighted by atomic mass is 16.5. The molecule has 17 heavy (non-hydrogen) atoms. The van der Waals surface area contributed by atoms with Crippen LogP contribution in [0.3, 0.4) is 0 Å². The Bertz CT molecular complexity index is 263. The second-order valence-electron chi connectivity index (χ2n) is 5.79. The zero-order valence-electron chi connectivity index (χ0n) is 11.3. The van der Waals surface area contributed by atoms with E-state index >= 15 is 0 Å². The van der Waals surface area contributed by atoms with Crippen LogP contribution in [-0.2, 0) is 9.53 Å². The summed E-state index contributed by atoms with van der Waals surface area (Å²) in [5.41, 5.74) is 0. The first kappa shape index (κ1) is 12.9. The van der Waals surface area contributed by atoms with Crippen LogP contribution in [0.4, 0.5) is 0 Å². The number of rotatable bonds is 2. The van der Waals surface area contributed by atoms with Crippen molar-refractivity contribution in [2.45, 2.75) is 58.5 Å². The molecule has 0 aliphatic carbocycles. The number of carbonyl (C=O) groups is 1. The molecule has 4 unspecified atom stereocenters. The summed E-state index contributed by atoms with van der Waals surface area (Å²) in [7, 11) is 0. The van der Waals surface area contributed by atoms with Gasteiger partial charge >= 0.3 is 0 Å². The van der Waals surface area contributed by atoms with Crippen LogP contribution in [0, 0.1) is 11.8 Å². The number of likely N-dealkylation sites (tertiary alicyclic amines) is 1. The van der Waals surface area contributed by atoms with Crippen LogP contribution in [0.1, 0.15) is 46.5 Å². The molecule has 0 aromatic rings. The molecule has 3 nitrogen and oxygen atoms in total. The Balaban J connectivity index is 1.98. The minimum absolute atomic E-state index is 0.123. The van der Waals surface area contributed by atoms with Crippen molar-refractivity contribution in [3.8, 4) is 0 Å². The van der Waals surface area contributed by atoms with Gasteiger partial charge in [-0.15, -0.1) is 0 Å². The van der Waals surface area contributed by atoms with E-state index in [-0.39, 0.29) is 5.92 Å². The van der Waals surface area contributed by atoms with Gasteiger partial charge < -0.3 is 9.64 Å². The molecule has 1 amide bonds. The normalized spacial score (nSPS) is 35.9. The SMILES string of the molecule is CC(C(=O)N1C(C)CCC1C)C1CCCOC1. The van der Waals surface area contributed by atoms with E-state index in [4.69, 9.17) is 4.74 Å². The molecule has 0 saturated carbocycles.